The second kappa shape index (κ2) is 2.49. The molecule has 0 heterocycles. The monoisotopic (exact) mass is 145 g/mol. The fraction of sp³-hybridized carbons (Fsp3) is 1.00. The number of hydrogen-bond donors (Lipinski definition) is 3. The van der Waals surface area contributed by atoms with Crippen LogP contribution in [0.25, 0.3) is 0 Å². The predicted molar refractivity (Wildman–Crippen MR) is 38.4 cm³/mol. The molecule has 0 radical (unpaired) electrons. The molecule has 1 saturated carbocycles. The average Bonchev–Trinajstić information content (AvgIpc) is 1.83. The Balaban J connectivity index is 2.40. The van der Waals surface area contributed by atoms with Gasteiger partial charge in [-0.15, -0.1) is 0 Å². The molecule has 1 aliphatic carbocycles. The molecule has 4 N–H and O–H groups in total. The standard InChI is InChI=1S/C7H15NO2/c1-7(6(10)4-9)2-5(8)3-7/h5-6,9-10H,2-4,8H2,1H3/t5-,6?,7-. The molecule has 1 atom stereocenters. The van der Waals surface area contributed by atoms with Crippen molar-refractivity contribution < 1.29 is 10.2 Å². The molecule has 3 nitrogen and oxygen atoms in total. The Morgan fingerprint density at radius 2 is 2.20 bits per heavy atom. The van der Waals surface area contributed by atoms with Crippen LogP contribution in [-0.2, 0) is 0 Å². The SMILES string of the molecule is C[C@]1(C(O)CO)C[C@H](N)C1. The van der Waals surface area contributed by atoms with Crippen LogP contribution in [0.4, 0.5) is 0 Å². The molecule has 1 aliphatic rings. The number of nitrogens with two attached hydrogens (primary N) is 1. The van der Waals surface area contributed by atoms with E-state index in [9.17, 15) is 5.11 Å². The lowest BCUT2D eigenvalue weighted by atomic mass is 9.64. The van der Waals surface area contributed by atoms with Gasteiger partial charge in [-0.1, -0.05) is 6.92 Å². The van der Waals surface area contributed by atoms with Crippen molar-refractivity contribution in [3.05, 3.63) is 0 Å². The maximum atomic E-state index is 9.25. The minimum absolute atomic E-state index is 0.117. The minimum Gasteiger partial charge on any atom is -0.394 e. The van der Waals surface area contributed by atoms with Crippen molar-refractivity contribution >= 4 is 0 Å². The Labute approximate surface area is 60.9 Å². The third kappa shape index (κ3) is 1.17. The van der Waals surface area contributed by atoms with Crippen LogP contribution in [-0.4, -0.2) is 29.0 Å². The molecule has 0 aliphatic heterocycles. The van der Waals surface area contributed by atoms with E-state index in [0.717, 1.165) is 12.8 Å². The first kappa shape index (κ1) is 7.98. The van der Waals surface area contributed by atoms with Gasteiger partial charge in [-0.05, 0) is 18.3 Å². The van der Waals surface area contributed by atoms with E-state index in [0.29, 0.717) is 0 Å². The topological polar surface area (TPSA) is 66.5 Å². The molecule has 60 valence electrons. The molecule has 3 heteroatoms. The van der Waals surface area contributed by atoms with Crippen LogP contribution >= 0.6 is 0 Å². The molecular weight excluding hydrogens is 130 g/mol. The zero-order valence-electron chi connectivity index (χ0n) is 6.25. The van der Waals surface area contributed by atoms with Gasteiger partial charge in [0.05, 0.1) is 12.7 Å². The van der Waals surface area contributed by atoms with E-state index < -0.39 is 6.10 Å². The van der Waals surface area contributed by atoms with Gasteiger partial charge < -0.3 is 15.9 Å². The van der Waals surface area contributed by atoms with Crippen LogP contribution in [0, 0.1) is 5.41 Å². The first-order valence-electron chi connectivity index (χ1n) is 3.63. The van der Waals surface area contributed by atoms with E-state index in [1.807, 2.05) is 6.92 Å². The fourth-order valence-electron chi connectivity index (χ4n) is 1.63. The lowest BCUT2D eigenvalue weighted by Gasteiger charge is -2.46. The Bertz CT molecular complexity index is 121. The van der Waals surface area contributed by atoms with E-state index in [2.05, 4.69) is 0 Å². The van der Waals surface area contributed by atoms with Crippen LogP contribution in [0.2, 0.25) is 0 Å². The van der Waals surface area contributed by atoms with Gasteiger partial charge in [0.15, 0.2) is 0 Å². The van der Waals surface area contributed by atoms with E-state index in [-0.39, 0.29) is 18.1 Å². The molecule has 1 unspecified atom stereocenters. The smallest absolute Gasteiger partial charge is 0.0825 e. The Morgan fingerprint density at radius 1 is 1.70 bits per heavy atom. The van der Waals surface area contributed by atoms with Gasteiger partial charge in [0.1, 0.15) is 0 Å². The molecule has 0 saturated heterocycles. The molecule has 0 aromatic rings. The normalized spacial score (nSPS) is 42.6. The maximum absolute atomic E-state index is 9.25. The van der Waals surface area contributed by atoms with Crippen LogP contribution in [0.1, 0.15) is 19.8 Å². The average molecular weight is 145 g/mol. The molecule has 0 spiro atoms. The Morgan fingerprint density at radius 3 is 2.50 bits per heavy atom. The van der Waals surface area contributed by atoms with Crippen molar-refractivity contribution in [2.45, 2.75) is 31.9 Å². The molecule has 0 bridgehead atoms. The maximum Gasteiger partial charge on any atom is 0.0825 e. The van der Waals surface area contributed by atoms with Crippen LogP contribution in [0.5, 0.6) is 0 Å². The molecule has 0 aromatic heterocycles. The quantitative estimate of drug-likeness (QED) is 0.489. The van der Waals surface area contributed by atoms with Gasteiger partial charge in [0, 0.05) is 6.04 Å². The van der Waals surface area contributed by atoms with Crippen molar-refractivity contribution in [1.82, 2.24) is 0 Å². The predicted octanol–water partition coefficient (Wildman–Crippen LogP) is -0.533. The summed E-state index contributed by atoms with van der Waals surface area (Å²) >= 11 is 0. The summed E-state index contributed by atoms with van der Waals surface area (Å²) in [4.78, 5) is 0. The van der Waals surface area contributed by atoms with E-state index in [4.69, 9.17) is 10.8 Å². The molecule has 10 heavy (non-hydrogen) atoms. The number of hydrogen-bond acceptors (Lipinski definition) is 3. The van der Waals surface area contributed by atoms with E-state index in [1.165, 1.54) is 0 Å². The van der Waals surface area contributed by atoms with Crippen molar-refractivity contribution in [2.75, 3.05) is 6.61 Å². The number of aliphatic hydroxyl groups is 2. The summed E-state index contributed by atoms with van der Waals surface area (Å²) in [5, 5.41) is 17.9. The van der Waals surface area contributed by atoms with Crippen molar-refractivity contribution in [2.24, 2.45) is 11.1 Å². The number of aliphatic hydroxyl groups excluding tert-OH is 2. The molecule has 0 aromatic carbocycles. The summed E-state index contributed by atoms with van der Waals surface area (Å²) in [7, 11) is 0. The fourth-order valence-corrected chi connectivity index (χ4v) is 1.63. The van der Waals surface area contributed by atoms with Crippen molar-refractivity contribution in [3.63, 3.8) is 0 Å². The first-order chi connectivity index (χ1) is 4.58. The van der Waals surface area contributed by atoms with Crippen LogP contribution < -0.4 is 5.73 Å². The highest BCUT2D eigenvalue weighted by atomic mass is 16.3. The van der Waals surface area contributed by atoms with Gasteiger partial charge in [-0.2, -0.15) is 0 Å². The minimum atomic E-state index is -0.590. The first-order valence-corrected chi connectivity index (χ1v) is 3.63. The van der Waals surface area contributed by atoms with Crippen molar-refractivity contribution in [3.8, 4) is 0 Å². The Hall–Kier alpha value is -0.120. The zero-order chi connectivity index (χ0) is 7.78. The largest absolute Gasteiger partial charge is 0.394 e. The Kier molecular flexibility index (Phi) is 1.99. The summed E-state index contributed by atoms with van der Waals surface area (Å²) in [6.07, 6.45) is 1.07. The molecular formula is C7H15NO2. The third-order valence-corrected chi connectivity index (χ3v) is 2.43. The molecule has 1 fully saturated rings. The van der Waals surface area contributed by atoms with Gasteiger partial charge in [-0.3, -0.25) is 0 Å². The second-order valence-corrected chi connectivity index (χ2v) is 3.52. The van der Waals surface area contributed by atoms with Gasteiger partial charge >= 0.3 is 0 Å². The molecule has 0 amide bonds. The number of rotatable bonds is 2. The highest BCUT2D eigenvalue weighted by Crippen LogP contribution is 2.42. The van der Waals surface area contributed by atoms with Crippen LogP contribution in [0.15, 0.2) is 0 Å². The highest BCUT2D eigenvalue weighted by Gasteiger charge is 2.43. The third-order valence-electron chi connectivity index (χ3n) is 2.43. The second-order valence-electron chi connectivity index (χ2n) is 3.52. The van der Waals surface area contributed by atoms with Gasteiger partial charge in [-0.25, -0.2) is 0 Å². The van der Waals surface area contributed by atoms with Gasteiger partial charge in [0.2, 0.25) is 0 Å². The summed E-state index contributed by atoms with van der Waals surface area (Å²) in [6.45, 7) is 1.81. The summed E-state index contributed by atoms with van der Waals surface area (Å²) in [6, 6.07) is 0.228. The lowest BCUT2D eigenvalue weighted by Crippen LogP contribution is -2.51. The zero-order valence-corrected chi connectivity index (χ0v) is 6.25. The summed E-state index contributed by atoms with van der Waals surface area (Å²) in [5.74, 6) is 0. The van der Waals surface area contributed by atoms with E-state index in [1.54, 1.807) is 0 Å². The van der Waals surface area contributed by atoms with E-state index >= 15 is 0 Å². The molecule has 1 rings (SSSR count). The summed E-state index contributed by atoms with van der Waals surface area (Å²) < 4.78 is 0. The van der Waals surface area contributed by atoms with Gasteiger partial charge in [0.25, 0.3) is 0 Å². The highest BCUT2D eigenvalue weighted by molar-refractivity contribution is 4.97. The van der Waals surface area contributed by atoms with Crippen molar-refractivity contribution in [1.29, 1.82) is 0 Å². The summed E-state index contributed by atoms with van der Waals surface area (Å²) in [5.41, 5.74) is 5.44. The van der Waals surface area contributed by atoms with Crippen LogP contribution in [0.3, 0.4) is 0 Å². The lowest BCUT2D eigenvalue weighted by molar-refractivity contribution is -0.0593.